The second-order valence-corrected chi connectivity index (χ2v) is 11.0. The quantitative estimate of drug-likeness (QED) is 0.0986. The molecule has 192 valence electrons. The summed E-state index contributed by atoms with van der Waals surface area (Å²) in [6, 6.07) is 0. The standard InChI is InChI=1S/C11H19N6O14P3/c1-13-8-5-9(16-11(12)15-8)17(3-14-5)10-7(19)6(18)4(28-10)2-27-32(21,22)30-34(25,26)31-33(23,24)29-20/h3-4,6-7,10,18-20H,2H2,1H3,(H,21,22)(H,23,24)(H,25,26)(H3,12,13,15,16)/t4-,6?,7?,10-/m1/s1. The second-order valence-electron chi connectivity index (χ2n) is 6.50. The summed E-state index contributed by atoms with van der Waals surface area (Å²) < 4.78 is 55.7. The molecule has 0 aromatic carbocycles. The number of nitrogen functional groups attached to an aromatic ring is 1. The highest BCUT2D eigenvalue weighted by molar-refractivity contribution is 7.66. The van der Waals surface area contributed by atoms with Gasteiger partial charge in [-0.05, 0) is 0 Å². The van der Waals surface area contributed by atoms with Gasteiger partial charge in [0.15, 0.2) is 23.2 Å². The van der Waals surface area contributed by atoms with Crippen LogP contribution in [0.4, 0.5) is 11.8 Å². The molecule has 1 saturated heterocycles. The molecule has 0 spiro atoms. The van der Waals surface area contributed by atoms with Gasteiger partial charge in [-0.15, -0.1) is 4.67 Å². The minimum absolute atomic E-state index is 0.115. The minimum atomic E-state index is -5.77. The van der Waals surface area contributed by atoms with Gasteiger partial charge in [-0.25, -0.2) is 23.9 Å². The molecule has 20 nitrogen and oxygen atoms in total. The van der Waals surface area contributed by atoms with E-state index in [2.05, 4.69) is 38.1 Å². The summed E-state index contributed by atoms with van der Waals surface area (Å²) >= 11 is 0. The van der Waals surface area contributed by atoms with Gasteiger partial charge in [-0.2, -0.15) is 18.6 Å². The van der Waals surface area contributed by atoms with E-state index in [0.29, 0.717) is 0 Å². The van der Waals surface area contributed by atoms with Gasteiger partial charge in [0, 0.05) is 7.05 Å². The van der Waals surface area contributed by atoms with Crippen molar-refractivity contribution in [3.63, 3.8) is 0 Å². The van der Waals surface area contributed by atoms with Crippen molar-refractivity contribution < 1.29 is 66.4 Å². The molecule has 0 amide bonds. The lowest BCUT2D eigenvalue weighted by Gasteiger charge is -2.19. The third kappa shape index (κ3) is 5.96. The number of phosphoric acid groups is 3. The van der Waals surface area contributed by atoms with E-state index in [1.165, 1.54) is 10.9 Å². The van der Waals surface area contributed by atoms with Crippen LogP contribution in [0.1, 0.15) is 6.23 Å². The van der Waals surface area contributed by atoms with E-state index in [4.69, 9.17) is 20.6 Å². The second kappa shape index (κ2) is 9.81. The molecule has 7 atom stereocenters. The highest BCUT2D eigenvalue weighted by Gasteiger charge is 2.47. The van der Waals surface area contributed by atoms with Gasteiger partial charge in [-0.1, -0.05) is 0 Å². The number of nitrogens with zero attached hydrogens (tertiary/aromatic N) is 4. The summed E-state index contributed by atoms with van der Waals surface area (Å²) in [4.78, 5) is 39.7. The summed E-state index contributed by atoms with van der Waals surface area (Å²) in [6.07, 6.45) is -4.95. The fraction of sp³-hybridized carbons (Fsp3) is 0.545. The Bertz CT molecular complexity index is 1190. The van der Waals surface area contributed by atoms with Crippen LogP contribution >= 0.6 is 23.5 Å². The van der Waals surface area contributed by atoms with Gasteiger partial charge in [0.2, 0.25) is 5.95 Å². The van der Waals surface area contributed by atoms with Gasteiger partial charge >= 0.3 is 23.5 Å². The maximum Gasteiger partial charge on any atom is 0.508 e. The fourth-order valence-corrected chi connectivity index (χ4v) is 5.99. The lowest BCUT2D eigenvalue weighted by molar-refractivity contribution is -0.157. The number of hydrogen-bond acceptors (Lipinski definition) is 16. The van der Waals surface area contributed by atoms with Crippen LogP contribution in [0.3, 0.4) is 0 Å². The molecule has 23 heteroatoms. The first-order valence-corrected chi connectivity index (χ1v) is 13.3. The molecule has 1 aliphatic heterocycles. The van der Waals surface area contributed by atoms with Crippen LogP contribution in [0, 0.1) is 0 Å². The number of hydrogen-bond donors (Lipinski definition) is 8. The minimum Gasteiger partial charge on any atom is -0.387 e. The SMILES string of the molecule is CNc1nc(N)nc2c1ncn2[C@@H]1O[C@H](COP(=O)(O)OP(=O)(O)OP(=O)(O)OO)C(O)C1O. The zero-order chi connectivity index (χ0) is 25.5. The highest BCUT2D eigenvalue weighted by atomic mass is 31.3. The van der Waals surface area contributed by atoms with Gasteiger partial charge in [0.05, 0.1) is 12.9 Å². The summed E-state index contributed by atoms with van der Waals surface area (Å²) in [5.74, 6) is 0.127. The van der Waals surface area contributed by atoms with Crippen LogP contribution in [0.2, 0.25) is 0 Å². The van der Waals surface area contributed by atoms with Crippen LogP contribution in [-0.2, 0) is 36.3 Å². The van der Waals surface area contributed by atoms with Gasteiger partial charge in [0.25, 0.3) is 0 Å². The van der Waals surface area contributed by atoms with Gasteiger partial charge in [0.1, 0.15) is 18.3 Å². The number of rotatable bonds is 10. The Morgan fingerprint density at radius 1 is 1.12 bits per heavy atom. The molecule has 2 aromatic heterocycles. The third-order valence-corrected chi connectivity index (χ3v) is 8.19. The zero-order valence-electron chi connectivity index (χ0n) is 16.8. The largest absolute Gasteiger partial charge is 0.508 e. The summed E-state index contributed by atoms with van der Waals surface area (Å²) in [5.41, 5.74) is 6.02. The molecular formula is C11H19N6O14P3. The van der Waals surface area contributed by atoms with E-state index in [1.807, 2.05) is 0 Å². The molecule has 3 heterocycles. The molecule has 0 saturated carbocycles. The lowest BCUT2D eigenvalue weighted by atomic mass is 10.1. The first kappa shape index (κ1) is 27.0. The smallest absolute Gasteiger partial charge is 0.387 e. The van der Waals surface area contributed by atoms with Crippen molar-refractivity contribution in [2.45, 2.75) is 24.5 Å². The van der Waals surface area contributed by atoms with Crippen LogP contribution in [0.5, 0.6) is 0 Å². The molecule has 9 N–H and O–H groups in total. The maximum absolute atomic E-state index is 11.9. The molecule has 1 aliphatic rings. The number of aromatic nitrogens is 4. The summed E-state index contributed by atoms with van der Waals surface area (Å²) in [5, 5.41) is 31.5. The Hall–Kier alpha value is -1.60. The van der Waals surface area contributed by atoms with Gasteiger partial charge < -0.3 is 40.7 Å². The Balaban J connectivity index is 1.72. The fourth-order valence-electron chi connectivity index (χ4n) is 2.87. The predicted octanol–water partition coefficient (Wildman–Crippen LogP) is -1.09. The van der Waals surface area contributed by atoms with Crippen molar-refractivity contribution in [3.8, 4) is 0 Å². The normalized spacial score (nSPS) is 28.3. The number of nitrogens with two attached hydrogens (primary N) is 1. The van der Waals surface area contributed by atoms with E-state index in [9.17, 15) is 33.7 Å². The van der Waals surface area contributed by atoms with E-state index >= 15 is 0 Å². The number of nitrogens with one attached hydrogen (secondary N) is 1. The monoisotopic (exact) mass is 552 g/mol. The Morgan fingerprint density at radius 3 is 2.38 bits per heavy atom. The average Bonchev–Trinajstić information content (AvgIpc) is 3.25. The highest BCUT2D eigenvalue weighted by Crippen LogP contribution is 2.67. The van der Waals surface area contributed by atoms with Crippen molar-refractivity contribution in [1.29, 1.82) is 0 Å². The first-order chi connectivity index (χ1) is 15.7. The molecule has 1 fully saturated rings. The Labute approximate surface area is 188 Å². The lowest BCUT2D eigenvalue weighted by Crippen LogP contribution is -2.33. The van der Waals surface area contributed by atoms with Crippen molar-refractivity contribution in [2.75, 3.05) is 24.7 Å². The van der Waals surface area contributed by atoms with Crippen LogP contribution in [-0.4, -0.2) is 81.6 Å². The van der Waals surface area contributed by atoms with Crippen LogP contribution in [0.15, 0.2) is 6.33 Å². The van der Waals surface area contributed by atoms with Gasteiger partial charge in [-0.3, -0.25) is 9.09 Å². The molecule has 0 radical (unpaired) electrons. The molecule has 0 aliphatic carbocycles. The molecule has 2 aromatic rings. The molecule has 3 rings (SSSR count). The Morgan fingerprint density at radius 2 is 1.76 bits per heavy atom. The maximum atomic E-state index is 11.9. The zero-order valence-corrected chi connectivity index (χ0v) is 19.4. The molecular weight excluding hydrogens is 533 g/mol. The van der Waals surface area contributed by atoms with E-state index < -0.39 is 54.6 Å². The number of aliphatic hydroxyl groups is 2. The first-order valence-electron chi connectivity index (χ1n) is 8.77. The van der Waals surface area contributed by atoms with Crippen LogP contribution < -0.4 is 11.1 Å². The van der Waals surface area contributed by atoms with Crippen molar-refractivity contribution in [1.82, 2.24) is 19.5 Å². The van der Waals surface area contributed by atoms with Crippen molar-refractivity contribution in [3.05, 3.63) is 6.33 Å². The van der Waals surface area contributed by atoms with E-state index in [1.54, 1.807) is 7.05 Å². The molecule has 0 bridgehead atoms. The van der Waals surface area contributed by atoms with E-state index in [-0.39, 0.29) is 22.9 Å². The number of phosphoric ester groups is 1. The van der Waals surface area contributed by atoms with Crippen molar-refractivity contribution in [2.24, 2.45) is 0 Å². The Kier molecular flexibility index (Phi) is 7.79. The number of ether oxygens (including phenoxy) is 1. The number of imidazole rings is 1. The average molecular weight is 552 g/mol. The summed E-state index contributed by atoms with van der Waals surface area (Å²) in [6.45, 7) is -0.985. The van der Waals surface area contributed by atoms with E-state index in [0.717, 1.165) is 0 Å². The predicted molar refractivity (Wildman–Crippen MR) is 107 cm³/mol. The van der Waals surface area contributed by atoms with Crippen molar-refractivity contribution >= 4 is 46.4 Å². The molecule has 34 heavy (non-hydrogen) atoms. The molecule has 5 unspecified atom stereocenters. The summed E-state index contributed by atoms with van der Waals surface area (Å²) in [7, 11) is -15.2. The topological polar surface area (TPSA) is 300 Å². The number of anilines is 2. The number of aliphatic hydroxyl groups excluding tert-OH is 2. The van der Waals surface area contributed by atoms with Crippen LogP contribution in [0.25, 0.3) is 11.2 Å². The third-order valence-electron chi connectivity index (χ3n) is 4.20. The number of fused-ring (bicyclic) bond motifs is 1.